The lowest BCUT2D eigenvalue weighted by molar-refractivity contribution is 0.0553. The maximum Gasteiger partial charge on any atom is 0.440 e. The summed E-state index contributed by atoms with van der Waals surface area (Å²) in [5, 5.41) is 9.90. The van der Waals surface area contributed by atoms with Crippen LogP contribution in [0, 0.1) is 6.92 Å². The molecule has 4 rings (SSSR count). The highest BCUT2D eigenvalue weighted by molar-refractivity contribution is 5.75. The molecule has 0 aliphatic rings. The Hall–Kier alpha value is -4.24. The largest absolute Gasteiger partial charge is 0.496 e. The van der Waals surface area contributed by atoms with Crippen molar-refractivity contribution in [2.45, 2.75) is 45.9 Å². The molecule has 0 spiro atoms. The summed E-state index contributed by atoms with van der Waals surface area (Å²) >= 11 is 0. The van der Waals surface area contributed by atoms with Gasteiger partial charge < -0.3 is 23.8 Å². The molecule has 0 unspecified atom stereocenters. The molecule has 0 atom stereocenters. The van der Waals surface area contributed by atoms with Crippen LogP contribution in [0.4, 0.5) is 0 Å². The average Bonchev–Trinajstić information content (AvgIpc) is 3.19. The van der Waals surface area contributed by atoms with E-state index < -0.39 is 17.0 Å². The van der Waals surface area contributed by atoms with Crippen LogP contribution in [0.2, 0.25) is 0 Å². The van der Waals surface area contributed by atoms with Gasteiger partial charge in [0.25, 0.3) is 0 Å². The van der Waals surface area contributed by atoms with E-state index in [4.69, 9.17) is 18.7 Å². The number of aromatic amines is 1. The van der Waals surface area contributed by atoms with Crippen molar-refractivity contribution in [2.75, 3.05) is 13.7 Å². The molecule has 0 radical (unpaired) electrons. The van der Waals surface area contributed by atoms with E-state index >= 15 is 0 Å². The number of methoxy groups -OCH3 is 1. The van der Waals surface area contributed by atoms with E-state index in [2.05, 4.69) is 4.98 Å². The number of nitrogens with one attached hydrogen (secondary N) is 1. The highest BCUT2D eigenvalue weighted by Gasteiger charge is 2.15. The molecule has 1 heterocycles. The first kappa shape index (κ1) is 26.8. The molecule has 0 aliphatic carbocycles. The van der Waals surface area contributed by atoms with Crippen molar-refractivity contribution in [1.82, 2.24) is 9.72 Å². The van der Waals surface area contributed by atoms with Crippen molar-refractivity contribution in [2.24, 2.45) is 0 Å². The van der Waals surface area contributed by atoms with Gasteiger partial charge in [-0.25, -0.2) is 14.6 Å². The summed E-state index contributed by atoms with van der Waals surface area (Å²) in [7, 11) is 1.63. The van der Waals surface area contributed by atoms with Crippen molar-refractivity contribution >= 4 is 0 Å². The maximum atomic E-state index is 11.6. The average molecular weight is 521 g/mol. The molecule has 4 aromatic rings. The Morgan fingerprint density at radius 3 is 2.37 bits per heavy atom. The van der Waals surface area contributed by atoms with E-state index in [0.29, 0.717) is 36.9 Å². The second-order valence-electron chi connectivity index (χ2n) is 9.64. The standard InChI is InChI=1S/C29H32N2O7/c1-19-21(18-37-22-10-8-20(9-11-22)17-31-27(32)30-28(33)38-31)6-5-7-24(19)25-13-12-23(16-26(25)35-4)36-15-14-29(2,3)34/h5-13,16,34H,14-15,17-18H2,1-4H3,(H,30,32,33). The fourth-order valence-electron chi connectivity index (χ4n) is 3.97. The van der Waals surface area contributed by atoms with Crippen LogP contribution in [0.3, 0.4) is 0 Å². The zero-order valence-corrected chi connectivity index (χ0v) is 21.9. The van der Waals surface area contributed by atoms with E-state index in [1.165, 1.54) is 0 Å². The van der Waals surface area contributed by atoms with Crippen LogP contribution in [0.25, 0.3) is 11.1 Å². The van der Waals surface area contributed by atoms with Gasteiger partial charge >= 0.3 is 11.4 Å². The summed E-state index contributed by atoms with van der Waals surface area (Å²) in [6, 6.07) is 19.0. The van der Waals surface area contributed by atoms with Crippen LogP contribution < -0.4 is 25.7 Å². The number of aromatic nitrogens is 2. The van der Waals surface area contributed by atoms with Crippen LogP contribution in [0.1, 0.15) is 37.0 Å². The van der Waals surface area contributed by atoms with Crippen molar-refractivity contribution in [3.63, 3.8) is 0 Å². The highest BCUT2D eigenvalue weighted by Crippen LogP contribution is 2.36. The molecular formula is C29H32N2O7. The predicted octanol–water partition coefficient (Wildman–Crippen LogP) is 4.28. The number of benzene rings is 3. The summed E-state index contributed by atoms with van der Waals surface area (Å²) in [6.45, 7) is 6.47. The Morgan fingerprint density at radius 2 is 1.71 bits per heavy atom. The molecule has 0 fully saturated rings. The Balaban J connectivity index is 1.44. The van der Waals surface area contributed by atoms with Gasteiger partial charge in [0.2, 0.25) is 0 Å². The first-order valence-corrected chi connectivity index (χ1v) is 12.3. The molecule has 0 bridgehead atoms. The summed E-state index contributed by atoms with van der Waals surface area (Å²) in [5.74, 6) is 1.27. The number of H-pyrrole nitrogens is 1. The third-order valence-corrected chi connectivity index (χ3v) is 6.16. The molecule has 0 saturated heterocycles. The number of hydrogen-bond acceptors (Lipinski definition) is 7. The summed E-state index contributed by atoms with van der Waals surface area (Å²) in [5.41, 5.74) is 3.49. The minimum absolute atomic E-state index is 0.143. The molecule has 0 aliphatic heterocycles. The monoisotopic (exact) mass is 520 g/mol. The lowest BCUT2D eigenvalue weighted by atomic mass is 9.96. The van der Waals surface area contributed by atoms with E-state index in [0.717, 1.165) is 32.6 Å². The van der Waals surface area contributed by atoms with Crippen LogP contribution in [-0.4, -0.2) is 34.1 Å². The predicted molar refractivity (Wildman–Crippen MR) is 143 cm³/mol. The van der Waals surface area contributed by atoms with Crippen molar-refractivity contribution < 1.29 is 23.8 Å². The number of rotatable bonds is 11. The van der Waals surface area contributed by atoms with E-state index in [1.54, 1.807) is 21.0 Å². The molecule has 200 valence electrons. The molecule has 9 nitrogen and oxygen atoms in total. The lowest BCUT2D eigenvalue weighted by Gasteiger charge is -2.18. The molecule has 9 heteroatoms. The summed E-state index contributed by atoms with van der Waals surface area (Å²) < 4.78 is 23.3. The molecule has 3 aromatic carbocycles. The van der Waals surface area contributed by atoms with Gasteiger partial charge in [-0.3, -0.25) is 0 Å². The van der Waals surface area contributed by atoms with Gasteiger partial charge in [-0.15, -0.1) is 4.74 Å². The Labute approximate surface area is 220 Å². The first-order chi connectivity index (χ1) is 18.1. The van der Waals surface area contributed by atoms with Crippen molar-refractivity contribution in [3.8, 4) is 28.4 Å². The van der Waals surface area contributed by atoms with Crippen molar-refractivity contribution in [1.29, 1.82) is 0 Å². The maximum absolute atomic E-state index is 11.6. The lowest BCUT2D eigenvalue weighted by Crippen LogP contribution is -2.21. The van der Waals surface area contributed by atoms with Gasteiger partial charge in [0, 0.05) is 18.1 Å². The quantitative estimate of drug-likeness (QED) is 0.303. The smallest absolute Gasteiger partial charge is 0.440 e. The molecule has 38 heavy (non-hydrogen) atoms. The first-order valence-electron chi connectivity index (χ1n) is 12.3. The van der Waals surface area contributed by atoms with Crippen molar-refractivity contribution in [3.05, 3.63) is 98.4 Å². The van der Waals surface area contributed by atoms with Crippen LogP contribution in [0.15, 0.2) is 74.8 Å². The van der Waals surface area contributed by atoms with E-state index in [9.17, 15) is 14.7 Å². The van der Waals surface area contributed by atoms with Gasteiger partial charge in [0.15, 0.2) is 0 Å². The number of ether oxygens (including phenoxy) is 3. The fourth-order valence-corrected chi connectivity index (χ4v) is 3.97. The summed E-state index contributed by atoms with van der Waals surface area (Å²) in [4.78, 5) is 24.8. The molecular weight excluding hydrogens is 488 g/mol. The van der Waals surface area contributed by atoms with Gasteiger partial charge in [0.1, 0.15) is 23.9 Å². The Morgan fingerprint density at radius 1 is 0.974 bits per heavy atom. The second-order valence-corrected chi connectivity index (χ2v) is 9.64. The number of aliphatic hydroxyl groups is 1. The summed E-state index contributed by atoms with van der Waals surface area (Å²) in [6.07, 6.45) is 0.520. The topological polar surface area (TPSA) is 116 Å². The molecule has 0 amide bonds. The molecule has 0 saturated carbocycles. The molecule has 2 N–H and O–H groups in total. The highest BCUT2D eigenvalue weighted by atomic mass is 16.5. The van der Waals surface area contributed by atoms with Crippen LogP contribution >= 0.6 is 0 Å². The zero-order chi connectivity index (χ0) is 27.3. The van der Waals surface area contributed by atoms with Gasteiger partial charge in [-0.2, -0.15) is 0 Å². The molecule has 1 aromatic heterocycles. The van der Waals surface area contributed by atoms with Gasteiger partial charge in [-0.05, 0) is 67.3 Å². The zero-order valence-electron chi connectivity index (χ0n) is 21.9. The van der Waals surface area contributed by atoms with Crippen LogP contribution in [0.5, 0.6) is 17.2 Å². The Kier molecular flexibility index (Phi) is 8.07. The van der Waals surface area contributed by atoms with Gasteiger partial charge in [-0.1, -0.05) is 30.3 Å². The van der Waals surface area contributed by atoms with E-state index in [1.807, 2.05) is 67.6 Å². The third kappa shape index (κ3) is 6.74. The minimum Gasteiger partial charge on any atom is -0.496 e. The van der Waals surface area contributed by atoms with Gasteiger partial charge in [0.05, 0.1) is 25.9 Å². The second kappa shape index (κ2) is 11.4. The SMILES string of the molecule is COc1cc(OCCC(C)(C)O)ccc1-c1cccc(COc2ccc(Cn3oc(=O)[nH]c3=O)cc2)c1C. The normalized spacial score (nSPS) is 11.4. The number of nitrogens with zero attached hydrogens (tertiary/aromatic N) is 1. The number of hydrogen-bond donors (Lipinski definition) is 2. The minimum atomic E-state index is -0.784. The fraction of sp³-hybridized carbons (Fsp3) is 0.310. The Bertz CT molecular complexity index is 1490. The third-order valence-electron chi connectivity index (χ3n) is 6.16. The van der Waals surface area contributed by atoms with Crippen LogP contribution in [-0.2, 0) is 13.2 Å². The van der Waals surface area contributed by atoms with E-state index in [-0.39, 0.29) is 6.54 Å².